The Morgan fingerprint density at radius 1 is 0.917 bits per heavy atom. The van der Waals surface area contributed by atoms with Gasteiger partial charge in [0.15, 0.2) is 0 Å². The first-order chi connectivity index (χ1) is 11.8. The summed E-state index contributed by atoms with van der Waals surface area (Å²) in [6, 6.07) is 14.3. The monoisotopic (exact) mass is 337 g/mol. The molecule has 0 amide bonds. The number of aromatic nitrogens is 1. The maximum atomic E-state index is 6.52. The highest BCUT2D eigenvalue weighted by molar-refractivity contribution is 6.36. The van der Waals surface area contributed by atoms with Crippen LogP contribution in [0.25, 0.3) is 21.9 Å². The molecular formula is C21H20ClNO. The van der Waals surface area contributed by atoms with Crippen LogP contribution in [0.1, 0.15) is 32.1 Å². The van der Waals surface area contributed by atoms with Crippen LogP contribution in [-0.2, 0) is 0 Å². The van der Waals surface area contributed by atoms with E-state index in [1.165, 1.54) is 19.3 Å². The van der Waals surface area contributed by atoms with E-state index < -0.39 is 0 Å². The topological polar surface area (TPSA) is 22.1 Å². The van der Waals surface area contributed by atoms with Gasteiger partial charge >= 0.3 is 0 Å². The van der Waals surface area contributed by atoms with Crippen LogP contribution in [0, 0.1) is 0 Å². The lowest BCUT2D eigenvalue weighted by Crippen LogP contribution is -2.19. The number of hydrogen-bond acceptors (Lipinski definition) is 2. The van der Waals surface area contributed by atoms with Crippen molar-refractivity contribution in [2.24, 2.45) is 0 Å². The van der Waals surface area contributed by atoms with Crippen LogP contribution < -0.4 is 4.74 Å². The second-order valence-corrected chi connectivity index (χ2v) is 6.84. The first-order valence-corrected chi connectivity index (χ1v) is 8.98. The Balaban J connectivity index is 1.77. The molecule has 1 aliphatic carbocycles. The molecule has 0 N–H and O–H groups in total. The third-order valence-corrected chi connectivity index (χ3v) is 5.05. The number of benzene rings is 2. The van der Waals surface area contributed by atoms with Crippen LogP contribution >= 0.6 is 11.6 Å². The molecule has 0 spiro atoms. The molecule has 122 valence electrons. The van der Waals surface area contributed by atoms with Gasteiger partial charge in [0, 0.05) is 23.3 Å². The summed E-state index contributed by atoms with van der Waals surface area (Å²) >= 11 is 6.52. The summed E-state index contributed by atoms with van der Waals surface area (Å²) in [5.41, 5.74) is 2.23. The van der Waals surface area contributed by atoms with Crippen molar-refractivity contribution in [2.45, 2.75) is 38.2 Å². The lowest BCUT2D eigenvalue weighted by Gasteiger charge is -2.23. The van der Waals surface area contributed by atoms with E-state index in [2.05, 4.69) is 23.2 Å². The molecule has 0 radical (unpaired) electrons. The summed E-state index contributed by atoms with van der Waals surface area (Å²) in [7, 11) is 0. The van der Waals surface area contributed by atoms with Crippen LogP contribution in [0.4, 0.5) is 0 Å². The van der Waals surface area contributed by atoms with E-state index in [1.54, 1.807) is 0 Å². The van der Waals surface area contributed by atoms with Gasteiger partial charge in [-0.25, -0.2) is 0 Å². The van der Waals surface area contributed by atoms with Crippen LogP contribution in [0.3, 0.4) is 0 Å². The third kappa shape index (κ3) is 3.11. The number of ether oxygens (including phenoxy) is 1. The Morgan fingerprint density at radius 2 is 1.71 bits per heavy atom. The van der Waals surface area contributed by atoms with Gasteiger partial charge in [-0.3, -0.25) is 4.98 Å². The summed E-state index contributed by atoms with van der Waals surface area (Å²) < 4.78 is 6.23. The fourth-order valence-corrected chi connectivity index (χ4v) is 3.75. The van der Waals surface area contributed by atoms with Crippen LogP contribution in [0.15, 0.2) is 54.9 Å². The molecule has 0 aliphatic heterocycles. The highest BCUT2D eigenvalue weighted by Crippen LogP contribution is 2.36. The number of pyridine rings is 1. The Kier molecular flexibility index (Phi) is 4.40. The Bertz CT molecular complexity index is 841. The Morgan fingerprint density at radius 3 is 2.50 bits per heavy atom. The van der Waals surface area contributed by atoms with Gasteiger partial charge in [0.05, 0.1) is 11.1 Å². The number of hydrogen-bond donors (Lipinski definition) is 0. The van der Waals surface area contributed by atoms with Crippen LogP contribution in [0.5, 0.6) is 5.75 Å². The molecular weight excluding hydrogens is 318 g/mol. The molecule has 2 aromatic carbocycles. The summed E-state index contributed by atoms with van der Waals surface area (Å²) in [6.45, 7) is 0. The molecule has 2 nitrogen and oxygen atoms in total. The van der Waals surface area contributed by atoms with Crippen molar-refractivity contribution in [3.05, 3.63) is 59.9 Å². The summed E-state index contributed by atoms with van der Waals surface area (Å²) in [5, 5.41) is 2.76. The fraction of sp³-hybridized carbons (Fsp3) is 0.286. The van der Waals surface area contributed by atoms with E-state index in [0.717, 1.165) is 40.5 Å². The summed E-state index contributed by atoms with van der Waals surface area (Å²) in [6.07, 6.45) is 10.1. The van der Waals surface area contributed by atoms with E-state index in [9.17, 15) is 0 Å². The fourth-order valence-electron chi connectivity index (χ4n) is 3.49. The molecule has 4 rings (SSSR count). The molecule has 0 bridgehead atoms. The van der Waals surface area contributed by atoms with E-state index in [0.29, 0.717) is 11.1 Å². The van der Waals surface area contributed by atoms with Gasteiger partial charge in [0.2, 0.25) is 0 Å². The highest BCUT2D eigenvalue weighted by Gasteiger charge is 2.16. The normalized spacial score (nSPS) is 15.5. The van der Waals surface area contributed by atoms with Gasteiger partial charge in [0.1, 0.15) is 5.75 Å². The van der Waals surface area contributed by atoms with E-state index in [-0.39, 0.29) is 0 Å². The number of fused-ring (bicyclic) bond motifs is 1. The standard InChI is InChI=1S/C21H20ClNO/c22-21-12-17(24-16-9-5-2-6-10-16)11-18-19(13-23-14-20(18)21)15-7-3-1-4-8-15/h1,3-4,7-8,11-14,16H,2,5-6,9-10H2. The third-order valence-electron chi connectivity index (χ3n) is 4.74. The number of nitrogens with zero attached hydrogens (tertiary/aromatic N) is 1. The summed E-state index contributed by atoms with van der Waals surface area (Å²) in [5.74, 6) is 0.864. The smallest absolute Gasteiger partial charge is 0.121 e. The first-order valence-electron chi connectivity index (χ1n) is 8.60. The number of halogens is 1. The van der Waals surface area contributed by atoms with Crippen LogP contribution in [-0.4, -0.2) is 11.1 Å². The Hall–Kier alpha value is -2.06. The Labute approximate surface area is 147 Å². The predicted molar refractivity (Wildman–Crippen MR) is 99.7 cm³/mol. The lowest BCUT2D eigenvalue weighted by molar-refractivity contribution is 0.155. The lowest BCUT2D eigenvalue weighted by atomic mass is 9.97. The van der Waals surface area contributed by atoms with Crippen LogP contribution in [0.2, 0.25) is 5.02 Å². The molecule has 24 heavy (non-hydrogen) atoms. The van der Waals surface area contributed by atoms with E-state index >= 15 is 0 Å². The second kappa shape index (κ2) is 6.82. The summed E-state index contributed by atoms with van der Waals surface area (Å²) in [4.78, 5) is 4.37. The molecule has 3 aromatic rings. The molecule has 1 heterocycles. The zero-order chi connectivity index (χ0) is 16.4. The van der Waals surface area contributed by atoms with E-state index in [1.807, 2.05) is 36.7 Å². The van der Waals surface area contributed by atoms with Crippen molar-refractivity contribution < 1.29 is 4.74 Å². The van der Waals surface area contributed by atoms with Crippen molar-refractivity contribution in [3.8, 4) is 16.9 Å². The zero-order valence-corrected chi connectivity index (χ0v) is 14.3. The van der Waals surface area contributed by atoms with Gasteiger partial charge in [-0.15, -0.1) is 0 Å². The van der Waals surface area contributed by atoms with Crippen molar-refractivity contribution >= 4 is 22.4 Å². The van der Waals surface area contributed by atoms with Crippen molar-refractivity contribution in [1.82, 2.24) is 4.98 Å². The minimum Gasteiger partial charge on any atom is -0.490 e. The zero-order valence-electron chi connectivity index (χ0n) is 13.5. The average molecular weight is 338 g/mol. The molecule has 1 aromatic heterocycles. The number of rotatable bonds is 3. The molecule has 0 saturated heterocycles. The minimum atomic E-state index is 0.314. The second-order valence-electron chi connectivity index (χ2n) is 6.43. The molecule has 0 unspecified atom stereocenters. The van der Waals surface area contributed by atoms with Gasteiger partial charge in [-0.2, -0.15) is 0 Å². The largest absolute Gasteiger partial charge is 0.490 e. The molecule has 1 saturated carbocycles. The van der Waals surface area contributed by atoms with Gasteiger partial charge in [0.25, 0.3) is 0 Å². The minimum absolute atomic E-state index is 0.314. The van der Waals surface area contributed by atoms with Crippen molar-refractivity contribution in [3.63, 3.8) is 0 Å². The first kappa shape index (κ1) is 15.5. The molecule has 3 heteroatoms. The predicted octanol–water partition coefficient (Wildman–Crippen LogP) is 6.27. The maximum absolute atomic E-state index is 6.52. The molecule has 0 atom stereocenters. The highest BCUT2D eigenvalue weighted by atomic mass is 35.5. The molecule has 1 aliphatic rings. The maximum Gasteiger partial charge on any atom is 0.121 e. The molecule has 1 fully saturated rings. The van der Waals surface area contributed by atoms with Gasteiger partial charge < -0.3 is 4.74 Å². The van der Waals surface area contributed by atoms with Gasteiger partial charge in [-0.1, -0.05) is 48.4 Å². The van der Waals surface area contributed by atoms with E-state index in [4.69, 9.17) is 16.3 Å². The van der Waals surface area contributed by atoms with Crippen molar-refractivity contribution in [2.75, 3.05) is 0 Å². The quantitative estimate of drug-likeness (QED) is 0.562. The van der Waals surface area contributed by atoms with Gasteiger partial charge in [-0.05, 0) is 48.8 Å². The average Bonchev–Trinajstić information content (AvgIpc) is 2.63. The van der Waals surface area contributed by atoms with Crippen molar-refractivity contribution in [1.29, 1.82) is 0 Å². The SMILES string of the molecule is Clc1cc(OC2CCCCC2)cc2c(-c3ccccc3)cncc12.